The summed E-state index contributed by atoms with van der Waals surface area (Å²) in [6, 6.07) is 13.8. The molecule has 0 radical (unpaired) electrons. The molecule has 0 aromatic heterocycles. The van der Waals surface area contributed by atoms with E-state index in [4.69, 9.17) is 9.47 Å². The summed E-state index contributed by atoms with van der Waals surface area (Å²) in [5.41, 5.74) is 0.536. The van der Waals surface area contributed by atoms with E-state index in [2.05, 4.69) is 5.32 Å². The molecule has 0 fully saturated rings. The summed E-state index contributed by atoms with van der Waals surface area (Å²) in [6.45, 7) is 4.46. The third-order valence-electron chi connectivity index (χ3n) is 3.66. The predicted octanol–water partition coefficient (Wildman–Crippen LogP) is 3.33. The van der Waals surface area contributed by atoms with Crippen LogP contribution in [0, 0.1) is 10.1 Å². The second-order valence-electron chi connectivity index (χ2n) is 6.46. The lowest BCUT2D eigenvalue weighted by molar-refractivity contribution is -0.385. The summed E-state index contributed by atoms with van der Waals surface area (Å²) in [4.78, 5) is 22.8. The molecule has 0 heterocycles. The van der Waals surface area contributed by atoms with E-state index in [0.29, 0.717) is 13.2 Å². The van der Waals surface area contributed by atoms with Gasteiger partial charge in [0.15, 0.2) is 5.75 Å². The van der Waals surface area contributed by atoms with Crippen LogP contribution in [-0.2, 0) is 11.3 Å². The summed E-state index contributed by atoms with van der Waals surface area (Å²) in [7, 11) is 1.32. The molecule has 0 aliphatic rings. The van der Waals surface area contributed by atoms with Gasteiger partial charge >= 0.3 is 5.69 Å². The van der Waals surface area contributed by atoms with Crippen LogP contribution in [-0.4, -0.2) is 30.1 Å². The van der Waals surface area contributed by atoms with Crippen molar-refractivity contribution in [3.8, 4) is 5.75 Å². The van der Waals surface area contributed by atoms with E-state index in [1.54, 1.807) is 0 Å². The minimum Gasteiger partial charge on any atom is -0.490 e. The molecule has 1 N–H and O–H groups in total. The van der Waals surface area contributed by atoms with Crippen molar-refractivity contribution in [2.45, 2.75) is 26.0 Å². The molecule has 0 unspecified atom stereocenters. The molecule has 0 atom stereocenters. The highest BCUT2D eigenvalue weighted by Gasteiger charge is 2.23. The van der Waals surface area contributed by atoms with Gasteiger partial charge < -0.3 is 14.8 Å². The number of carbonyl (C=O) groups is 1. The van der Waals surface area contributed by atoms with Crippen LogP contribution in [0.4, 0.5) is 5.69 Å². The molecule has 0 spiro atoms. The number of nitro benzene ring substituents is 1. The Morgan fingerprint density at radius 2 is 1.88 bits per heavy atom. The third kappa shape index (κ3) is 5.29. The predicted molar refractivity (Wildman–Crippen MR) is 97.3 cm³/mol. The summed E-state index contributed by atoms with van der Waals surface area (Å²) in [6.07, 6.45) is 0. The van der Waals surface area contributed by atoms with Crippen molar-refractivity contribution in [1.82, 2.24) is 5.32 Å². The van der Waals surface area contributed by atoms with E-state index in [1.807, 2.05) is 44.2 Å². The Kier molecular flexibility index (Phi) is 6.30. The third-order valence-corrected chi connectivity index (χ3v) is 3.66. The lowest BCUT2D eigenvalue weighted by Gasteiger charge is -2.26. The molecule has 0 saturated carbocycles. The number of hydrogen-bond donors (Lipinski definition) is 1. The van der Waals surface area contributed by atoms with Crippen LogP contribution in [0.1, 0.15) is 29.8 Å². The fraction of sp³-hybridized carbons (Fsp3) is 0.316. The molecular weight excluding hydrogens is 336 g/mol. The molecular formula is C19H22N2O5. The van der Waals surface area contributed by atoms with Gasteiger partial charge in [-0.15, -0.1) is 0 Å². The molecule has 0 bridgehead atoms. The first-order valence-corrected chi connectivity index (χ1v) is 8.09. The highest BCUT2D eigenvalue weighted by molar-refractivity contribution is 5.95. The standard InChI is InChI=1S/C19H22N2O5/c1-19(2,13-26-12-14-7-5-4-6-8-14)20-18(22)15-9-10-16(21(23)24)17(11-15)25-3/h4-11H,12-13H2,1-3H3,(H,20,22). The van der Waals surface area contributed by atoms with Gasteiger partial charge in [-0.25, -0.2) is 0 Å². The van der Waals surface area contributed by atoms with E-state index in [-0.39, 0.29) is 22.9 Å². The molecule has 0 aliphatic carbocycles. The van der Waals surface area contributed by atoms with Crippen molar-refractivity contribution in [1.29, 1.82) is 0 Å². The van der Waals surface area contributed by atoms with Gasteiger partial charge in [-0.05, 0) is 25.5 Å². The first-order chi connectivity index (χ1) is 12.3. The first kappa shape index (κ1) is 19.4. The van der Waals surface area contributed by atoms with Crippen molar-refractivity contribution in [3.05, 3.63) is 69.8 Å². The molecule has 26 heavy (non-hydrogen) atoms. The van der Waals surface area contributed by atoms with Gasteiger partial charge in [-0.1, -0.05) is 30.3 Å². The van der Waals surface area contributed by atoms with Crippen molar-refractivity contribution in [3.63, 3.8) is 0 Å². The minimum atomic E-state index is -0.610. The number of carbonyl (C=O) groups excluding carboxylic acids is 1. The Balaban J connectivity index is 1.97. The molecule has 138 valence electrons. The van der Waals surface area contributed by atoms with Crippen molar-refractivity contribution in [2.75, 3.05) is 13.7 Å². The normalized spacial score (nSPS) is 11.0. The average Bonchev–Trinajstić information content (AvgIpc) is 2.61. The number of rotatable bonds is 8. The van der Waals surface area contributed by atoms with Gasteiger partial charge in [0.25, 0.3) is 5.91 Å². The lowest BCUT2D eigenvalue weighted by Crippen LogP contribution is -2.47. The number of methoxy groups -OCH3 is 1. The minimum absolute atomic E-state index is 0.0424. The van der Waals surface area contributed by atoms with Gasteiger partial charge in [0.1, 0.15) is 0 Å². The molecule has 7 heteroatoms. The maximum Gasteiger partial charge on any atom is 0.310 e. The molecule has 0 aliphatic heterocycles. The van der Waals surface area contributed by atoms with Gasteiger partial charge in [0.2, 0.25) is 0 Å². The Labute approximate surface area is 152 Å². The van der Waals surface area contributed by atoms with Crippen LogP contribution in [0.2, 0.25) is 0 Å². The SMILES string of the molecule is COc1cc(C(=O)NC(C)(C)COCc2ccccc2)ccc1[N+](=O)[O-]. The number of benzene rings is 2. The van der Waals surface area contributed by atoms with Crippen molar-refractivity contribution < 1.29 is 19.2 Å². The van der Waals surface area contributed by atoms with Crippen LogP contribution >= 0.6 is 0 Å². The van der Waals surface area contributed by atoms with Crippen molar-refractivity contribution in [2.24, 2.45) is 0 Å². The van der Waals surface area contributed by atoms with E-state index in [9.17, 15) is 14.9 Å². The van der Waals surface area contributed by atoms with E-state index >= 15 is 0 Å². The Morgan fingerprint density at radius 1 is 1.19 bits per heavy atom. The number of nitrogens with one attached hydrogen (secondary N) is 1. The quantitative estimate of drug-likeness (QED) is 0.577. The lowest BCUT2D eigenvalue weighted by atomic mass is 10.1. The molecule has 7 nitrogen and oxygen atoms in total. The molecule has 1 amide bonds. The van der Waals surface area contributed by atoms with E-state index in [1.165, 1.54) is 25.3 Å². The molecule has 2 rings (SSSR count). The fourth-order valence-corrected chi connectivity index (χ4v) is 2.38. The maximum absolute atomic E-state index is 12.5. The summed E-state index contributed by atoms with van der Waals surface area (Å²) in [5, 5.41) is 13.8. The summed E-state index contributed by atoms with van der Waals surface area (Å²) in [5.74, 6) is -0.313. The highest BCUT2D eigenvalue weighted by Crippen LogP contribution is 2.27. The number of nitrogens with zero attached hydrogens (tertiary/aromatic N) is 1. The largest absolute Gasteiger partial charge is 0.490 e. The van der Waals surface area contributed by atoms with Gasteiger partial charge in [0, 0.05) is 17.7 Å². The average molecular weight is 358 g/mol. The zero-order chi connectivity index (χ0) is 19.2. The number of hydrogen-bond acceptors (Lipinski definition) is 5. The molecule has 2 aromatic rings. The van der Waals surface area contributed by atoms with Crippen LogP contribution in [0.5, 0.6) is 5.75 Å². The van der Waals surface area contributed by atoms with Crippen molar-refractivity contribution >= 4 is 11.6 Å². The first-order valence-electron chi connectivity index (χ1n) is 8.09. The highest BCUT2D eigenvalue weighted by atomic mass is 16.6. The number of amides is 1. The monoisotopic (exact) mass is 358 g/mol. The topological polar surface area (TPSA) is 90.7 Å². The Bertz CT molecular complexity index is 775. The fourth-order valence-electron chi connectivity index (χ4n) is 2.38. The van der Waals surface area contributed by atoms with Gasteiger partial charge in [-0.2, -0.15) is 0 Å². The Morgan fingerprint density at radius 3 is 2.50 bits per heavy atom. The summed E-state index contributed by atoms with van der Waals surface area (Å²) >= 11 is 0. The maximum atomic E-state index is 12.5. The number of ether oxygens (including phenoxy) is 2. The van der Waals surface area contributed by atoms with Gasteiger partial charge in [-0.3, -0.25) is 14.9 Å². The van der Waals surface area contributed by atoms with Crippen LogP contribution < -0.4 is 10.1 Å². The summed E-state index contributed by atoms with van der Waals surface area (Å²) < 4.78 is 10.7. The second-order valence-corrected chi connectivity index (χ2v) is 6.46. The second kappa shape index (κ2) is 8.44. The van der Waals surface area contributed by atoms with E-state index in [0.717, 1.165) is 5.56 Å². The zero-order valence-electron chi connectivity index (χ0n) is 15.0. The van der Waals surface area contributed by atoms with Crippen LogP contribution in [0.25, 0.3) is 0 Å². The smallest absolute Gasteiger partial charge is 0.310 e. The zero-order valence-corrected chi connectivity index (χ0v) is 15.0. The molecule has 0 saturated heterocycles. The van der Waals surface area contributed by atoms with Crippen LogP contribution in [0.3, 0.4) is 0 Å². The number of nitro groups is 1. The molecule has 2 aromatic carbocycles. The van der Waals surface area contributed by atoms with E-state index < -0.39 is 10.5 Å². The van der Waals surface area contributed by atoms with Gasteiger partial charge in [0.05, 0.1) is 30.8 Å². The van der Waals surface area contributed by atoms with Crippen LogP contribution in [0.15, 0.2) is 48.5 Å². The Hall–Kier alpha value is -2.93.